The first-order chi connectivity index (χ1) is 8.77. The second kappa shape index (κ2) is 3.90. The summed E-state index contributed by atoms with van der Waals surface area (Å²) in [5.41, 5.74) is 1.22. The van der Waals surface area contributed by atoms with Gasteiger partial charge in [0, 0.05) is 24.6 Å². The number of fused-ring (bicyclic) bond motifs is 3. The van der Waals surface area contributed by atoms with Crippen molar-refractivity contribution in [2.75, 3.05) is 13.2 Å². The van der Waals surface area contributed by atoms with Gasteiger partial charge in [-0.15, -0.1) is 0 Å². The van der Waals surface area contributed by atoms with Crippen LogP contribution >= 0.6 is 11.6 Å². The third kappa shape index (κ3) is 1.53. The van der Waals surface area contributed by atoms with Crippen molar-refractivity contribution in [3.8, 4) is 0 Å². The Hall–Kier alpha value is -0.680. The van der Waals surface area contributed by atoms with E-state index < -0.39 is 5.79 Å². The van der Waals surface area contributed by atoms with Gasteiger partial charge in [0.15, 0.2) is 5.79 Å². The second-order valence-corrected chi connectivity index (χ2v) is 5.70. The van der Waals surface area contributed by atoms with Crippen LogP contribution in [0.4, 0.5) is 0 Å². The summed E-state index contributed by atoms with van der Waals surface area (Å²) in [5.74, 6) is 0.0133. The van der Waals surface area contributed by atoms with Gasteiger partial charge < -0.3 is 14.8 Å². The van der Waals surface area contributed by atoms with E-state index in [1.807, 2.05) is 12.3 Å². The molecule has 96 valence electrons. The lowest BCUT2D eigenvalue weighted by atomic mass is 9.81. The SMILES string of the molecule is Clc1ccc(C2CC3CC4(OCCO4)C2N3)cn1. The van der Waals surface area contributed by atoms with Crippen LogP contribution in [0.2, 0.25) is 5.15 Å². The number of aromatic nitrogens is 1. The number of nitrogens with one attached hydrogen (secondary N) is 1. The van der Waals surface area contributed by atoms with E-state index in [1.54, 1.807) is 0 Å². The largest absolute Gasteiger partial charge is 0.346 e. The van der Waals surface area contributed by atoms with E-state index in [1.165, 1.54) is 5.56 Å². The van der Waals surface area contributed by atoms with E-state index in [-0.39, 0.29) is 6.04 Å². The molecule has 0 aliphatic carbocycles. The molecule has 4 heterocycles. The molecule has 0 saturated carbocycles. The lowest BCUT2D eigenvalue weighted by molar-refractivity contribution is -0.172. The molecular weight excluding hydrogens is 252 g/mol. The molecule has 4 rings (SSSR count). The quantitative estimate of drug-likeness (QED) is 0.786. The summed E-state index contributed by atoms with van der Waals surface area (Å²) in [7, 11) is 0. The highest BCUT2D eigenvalue weighted by atomic mass is 35.5. The summed E-state index contributed by atoms with van der Waals surface area (Å²) < 4.78 is 11.8. The van der Waals surface area contributed by atoms with Crippen LogP contribution in [0.25, 0.3) is 0 Å². The number of hydrogen-bond donors (Lipinski definition) is 1. The first kappa shape index (κ1) is 11.2. The fourth-order valence-electron chi connectivity index (χ4n) is 3.63. The Labute approximate surface area is 111 Å². The topological polar surface area (TPSA) is 43.4 Å². The fraction of sp³-hybridized carbons (Fsp3) is 0.615. The maximum Gasteiger partial charge on any atom is 0.185 e. The van der Waals surface area contributed by atoms with Gasteiger partial charge in [-0.05, 0) is 18.1 Å². The van der Waals surface area contributed by atoms with Gasteiger partial charge in [0.2, 0.25) is 0 Å². The van der Waals surface area contributed by atoms with Crippen LogP contribution in [0.15, 0.2) is 18.3 Å². The molecule has 0 amide bonds. The average molecular weight is 267 g/mol. The van der Waals surface area contributed by atoms with Gasteiger partial charge in [-0.2, -0.15) is 0 Å². The van der Waals surface area contributed by atoms with Gasteiger partial charge in [-0.25, -0.2) is 4.98 Å². The summed E-state index contributed by atoms with van der Waals surface area (Å²) in [6.07, 6.45) is 3.97. The molecular formula is C13H15ClN2O2. The smallest absolute Gasteiger partial charge is 0.185 e. The predicted molar refractivity (Wildman–Crippen MR) is 66.6 cm³/mol. The van der Waals surface area contributed by atoms with E-state index in [9.17, 15) is 0 Å². The Morgan fingerprint density at radius 2 is 2.17 bits per heavy atom. The van der Waals surface area contributed by atoms with Crippen LogP contribution in [0, 0.1) is 0 Å². The molecule has 3 aliphatic rings. The molecule has 1 spiro atoms. The molecule has 3 fully saturated rings. The minimum atomic E-state index is -0.396. The monoisotopic (exact) mass is 266 g/mol. The van der Waals surface area contributed by atoms with Gasteiger partial charge in [-0.3, -0.25) is 0 Å². The van der Waals surface area contributed by atoms with Crippen LogP contribution in [0.5, 0.6) is 0 Å². The normalized spacial score (nSPS) is 36.6. The van der Waals surface area contributed by atoms with E-state index in [2.05, 4.69) is 16.4 Å². The van der Waals surface area contributed by atoms with Crippen molar-refractivity contribution in [1.82, 2.24) is 10.3 Å². The third-order valence-electron chi connectivity index (χ3n) is 4.32. The fourth-order valence-corrected chi connectivity index (χ4v) is 3.74. The van der Waals surface area contributed by atoms with E-state index in [0.717, 1.165) is 12.8 Å². The lowest BCUT2D eigenvalue weighted by Gasteiger charge is -2.35. The molecule has 18 heavy (non-hydrogen) atoms. The predicted octanol–water partition coefficient (Wildman–Crippen LogP) is 1.70. The molecule has 4 nitrogen and oxygen atoms in total. The first-order valence-electron chi connectivity index (χ1n) is 6.42. The highest BCUT2D eigenvalue weighted by Crippen LogP contribution is 2.49. The molecule has 3 saturated heterocycles. The van der Waals surface area contributed by atoms with Crippen LogP contribution in [0.1, 0.15) is 24.3 Å². The van der Waals surface area contributed by atoms with Gasteiger partial charge in [0.05, 0.1) is 19.3 Å². The van der Waals surface area contributed by atoms with E-state index >= 15 is 0 Å². The van der Waals surface area contributed by atoms with Crippen LogP contribution in [0.3, 0.4) is 0 Å². The Morgan fingerprint density at radius 1 is 1.33 bits per heavy atom. The molecule has 1 N–H and O–H groups in total. The summed E-state index contributed by atoms with van der Waals surface area (Å²) in [4.78, 5) is 4.18. The summed E-state index contributed by atoms with van der Waals surface area (Å²) in [5, 5.41) is 4.15. The number of ether oxygens (including phenoxy) is 2. The molecule has 1 aromatic heterocycles. The molecule has 5 heteroatoms. The Morgan fingerprint density at radius 3 is 2.83 bits per heavy atom. The molecule has 0 radical (unpaired) electrons. The molecule has 3 aliphatic heterocycles. The van der Waals surface area contributed by atoms with Crippen molar-refractivity contribution in [2.45, 2.75) is 36.6 Å². The third-order valence-corrected chi connectivity index (χ3v) is 4.54. The van der Waals surface area contributed by atoms with Gasteiger partial charge in [-0.1, -0.05) is 17.7 Å². The lowest BCUT2D eigenvalue weighted by Crippen LogP contribution is -2.46. The van der Waals surface area contributed by atoms with Gasteiger partial charge >= 0.3 is 0 Å². The van der Waals surface area contributed by atoms with Gasteiger partial charge in [0.1, 0.15) is 5.15 Å². The average Bonchev–Trinajstić information content (AvgIpc) is 3.06. The standard InChI is InChI=1S/C13H15ClN2O2/c14-11-2-1-8(7-15-11)10-5-9-6-13(12(10)16-9)17-3-4-18-13/h1-2,7,9-10,12,16H,3-6H2. The minimum absolute atomic E-state index is 0.243. The van der Waals surface area contributed by atoms with Crippen LogP contribution < -0.4 is 5.32 Å². The zero-order valence-electron chi connectivity index (χ0n) is 9.93. The molecule has 0 aromatic carbocycles. The van der Waals surface area contributed by atoms with E-state index in [4.69, 9.17) is 21.1 Å². The number of pyridine rings is 1. The van der Waals surface area contributed by atoms with Crippen LogP contribution in [-0.2, 0) is 9.47 Å². The zero-order chi connectivity index (χ0) is 12.2. The Kier molecular flexibility index (Phi) is 2.42. The number of nitrogens with zero attached hydrogens (tertiary/aromatic N) is 1. The first-order valence-corrected chi connectivity index (χ1v) is 6.80. The minimum Gasteiger partial charge on any atom is -0.346 e. The van der Waals surface area contributed by atoms with Crippen molar-refractivity contribution < 1.29 is 9.47 Å². The van der Waals surface area contributed by atoms with Crippen molar-refractivity contribution in [3.63, 3.8) is 0 Å². The second-order valence-electron chi connectivity index (χ2n) is 5.31. The van der Waals surface area contributed by atoms with Crippen molar-refractivity contribution >= 4 is 11.6 Å². The number of rotatable bonds is 1. The van der Waals surface area contributed by atoms with Gasteiger partial charge in [0.25, 0.3) is 0 Å². The van der Waals surface area contributed by atoms with Crippen molar-refractivity contribution in [1.29, 1.82) is 0 Å². The highest BCUT2D eigenvalue weighted by molar-refractivity contribution is 6.29. The Bertz CT molecular complexity index is 459. The zero-order valence-corrected chi connectivity index (χ0v) is 10.7. The van der Waals surface area contributed by atoms with Crippen LogP contribution in [-0.4, -0.2) is 36.1 Å². The maximum absolute atomic E-state index is 5.88. The molecule has 3 atom stereocenters. The Balaban J connectivity index is 1.65. The number of hydrogen-bond acceptors (Lipinski definition) is 4. The molecule has 2 bridgehead atoms. The van der Waals surface area contributed by atoms with Crippen molar-refractivity contribution in [2.24, 2.45) is 0 Å². The summed E-state index contributed by atoms with van der Waals surface area (Å²) in [6.45, 7) is 1.41. The highest BCUT2D eigenvalue weighted by Gasteiger charge is 2.59. The summed E-state index contributed by atoms with van der Waals surface area (Å²) in [6, 6.07) is 4.65. The molecule has 1 aromatic rings. The molecule has 3 unspecified atom stereocenters. The maximum atomic E-state index is 5.88. The summed E-state index contributed by atoms with van der Waals surface area (Å²) >= 11 is 5.84. The van der Waals surface area contributed by atoms with E-state index in [0.29, 0.717) is 30.3 Å². The number of halogens is 1. The van der Waals surface area contributed by atoms with Crippen molar-refractivity contribution in [3.05, 3.63) is 29.0 Å².